The molecule has 1 unspecified atom stereocenters. The van der Waals surface area contributed by atoms with E-state index in [1.807, 2.05) is 6.07 Å². The summed E-state index contributed by atoms with van der Waals surface area (Å²) in [6.45, 7) is 0.873. The van der Waals surface area contributed by atoms with Gasteiger partial charge in [0.15, 0.2) is 0 Å². The maximum absolute atomic E-state index is 12.5. The van der Waals surface area contributed by atoms with E-state index in [0.717, 1.165) is 37.2 Å². The van der Waals surface area contributed by atoms with Gasteiger partial charge in [0, 0.05) is 31.1 Å². The number of anilines is 2. The van der Waals surface area contributed by atoms with E-state index in [1.54, 1.807) is 25.4 Å². The van der Waals surface area contributed by atoms with Crippen molar-refractivity contribution in [1.29, 1.82) is 0 Å². The van der Waals surface area contributed by atoms with Gasteiger partial charge in [-0.25, -0.2) is 4.98 Å². The second-order valence-electron chi connectivity index (χ2n) is 6.42. The van der Waals surface area contributed by atoms with Crippen LogP contribution in [0.4, 0.5) is 11.5 Å². The number of amides is 2. The Morgan fingerprint density at radius 1 is 1.44 bits per heavy atom. The fourth-order valence-electron chi connectivity index (χ4n) is 3.53. The Morgan fingerprint density at radius 2 is 2.32 bits per heavy atom. The van der Waals surface area contributed by atoms with Crippen LogP contribution < -0.4 is 15.4 Å². The Morgan fingerprint density at radius 3 is 3.16 bits per heavy atom. The number of nitrogens with one attached hydrogen (secondary N) is 2. The van der Waals surface area contributed by atoms with Crippen LogP contribution in [0.25, 0.3) is 0 Å². The molecule has 2 aliphatic heterocycles. The number of carbonyl (C=O) groups excluding carboxylic acids is 2. The average molecular weight is 340 g/mol. The number of benzene rings is 1. The molecule has 0 spiro atoms. The van der Waals surface area contributed by atoms with Gasteiger partial charge < -0.3 is 19.9 Å². The molecule has 0 fully saturated rings. The number of aromatic nitrogens is 2. The minimum absolute atomic E-state index is 0.103. The van der Waals surface area contributed by atoms with Gasteiger partial charge in [0.2, 0.25) is 11.8 Å². The third-order valence-corrected chi connectivity index (χ3v) is 4.84. The Balaban J connectivity index is 1.48. The Hall–Kier alpha value is -2.83. The smallest absolute Gasteiger partial charge is 0.232 e. The number of methoxy groups -OCH3 is 1. The molecule has 3 heterocycles. The third-order valence-electron chi connectivity index (χ3n) is 4.84. The summed E-state index contributed by atoms with van der Waals surface area (Å²) in [6, 6.07) is 5.42. The minimum atomic E-state index is -0.482. The number of imidazole rings is 1. The lowest BCUT2D eigenvalue weighted by Crippen LogP contribution is -2.22. The van der Waals surface area contributed by atoms with Gasteiger partial charge >= 0.3 is 0 Å². The van der Waals surface area contributed by atoms with Crippen molar-refractivity contribution in [3.05, 3.63) is 35.8 Å². The van der Waals surface area contributed by atoms with Crippen molar-refractivity contribution in [3.63, 3.8) is 0 Å². The molecule has 7 heteroatoms. The Bertz CT molecular complexity index is 843. The molecular formula is C18H20N4O3. The standard InChI is InChI=1S/C18H20N4O3/c1-25-11-5-6-12-13(18(24)20-14(12)8-11)9-17(23)21-16-10-19-15-4-2-3-7-22(15)16/h5-6,8,10,13H,2-4,7,9H2,1H3,(H,20,24)(H,21,23). The molecule has 4 rings (SSSR count). The molecule has 2 aromatic rings. The molecule has 0 saturated heterocycles. The molecule has 25 heavy (non-hydrogen) atoms. The predicted molar refractivity (Wildman–Crippen MR) is 92.8 cm³/mol. The van der Waals surface area contributed by atoms with E-state index in [1.165, 1.54) is 0 Å². The van der Waals surface area contributed by atoms with Crippen molar-refractivity contribution in [1.82, 2.24) is 9.55 Å². The lowest BCUT2D eigenvalue weighted by Gasteiger charge is -2.17. The van der Waals surface area contributed by atoms with E-state index in [-0.39, 0.29) is 18.2 Å². The number of hydrogen-bond acceptors (Lipinski definition) is 4. The van der Waals surface area contributed by atoms with Crippen LogP contribution in [0.2, 0.25) is 0 Å². The fraction of sp³-hybridized carbons (Fsp3) is 0.389. The summed E-state index contributed by atoms with van der Waals surface area (Å²) in [7, 11) is 1.58. The minimum Gasteiger partial charge on any atom is -0.497 e. The van der Waals surface area contributed by atoms with E-state index in [4.69, 9.17) is 4.74 Å². The van der Waals surface area contributed by atoms with Crippen molar-refractivity contribution in [2.75, 3.05) is 17.7 Å². The molecule has 0 radical (unpaired) electrons. The maximum atomic E-state index is 12.5. The summed E-state index contributed by atoms with van der Waals surface area (Å²) >= 11 is 0. The molecule has 0 bridgehead atoms. The summed E-state index contributed by atoms with van der Waals surface area (Å²) in [5.41, 5.74) is 1.54. The highest BCUT2D eigenvalue weighted by Gasteiger charge is 2.32. The second kappa shape index (κ2) is 6.23. The molecule has 2 aliphatic rings. The SMILES string of the molecule is COc1ccc2c(c1)NC(=O)C2CC(=O)Nc1cnc2n1CCCC2. The highest BCUT2D eigenvalue weighted by molar-refractivity contribution is 6.06. The van der Waals surface area contributed by atoms with Gasteiger partial charge in [0.25, 0.3) is 0 Å². The number of aryl methyl sites for hydroxylation is 1. The van der Waals surface area contributed by atoms with Crippen molar-refractivity contribution in [2.45, 2.75) is 38.1 Å². The number of carbonyl (C=O) groups is 2. The summed E-state index contributed by atoms with van der Waals surface area (Å²) in [5, 5.41) is 5.73. The highest BCUT2D eigenvalue weighted by atomic mass is 16.5. The molecular weight excluding hydrogens is 320 g/mol. The van der Waals surface area contributed by atoms with Gasteiger partial charge in [-0.15, -0.1) is 0 Å². The van der Waals surface area contributed by atoms with E-state index in [9.17, 15) is 9.59 Å². The summed E-state index contributed by atoms with van der Waals surface area (Å²) in [6.07, 6.45) is 4.97. The van der Waals surface area contributed by atoms with Gasteiger partial charge in [0.1, 0.15) is 17.4 Å². The lowest BCUT2D eigenvalue weighted by molar-refractivity contribution is -0.122. The zero-order chi connectivity index (χ0) is 17.4. The molecule has 1 aromatic carbocycles. The normalized spacial score (nSPS) is 18.3. The second-order valence-corrected chi connectivity index (χ2v) is 6.42. The van der Waals surface area contributed by atoms with E-state index >= 15 is 0 Å². The Kier molecular flexibility index (Phi) is 3.91. The van der Waals surface area contributed by atoms with Gasteiger partial charge in [0.05, 0.1) is 19.2 Å². The van der Waals surface area contributed by atoms with Crippen LogP contribution in [0.3, 0.4) is 0 Å². The molecule has 7 nitrogen and oxygen atoms in total. The predicted octanol–water partition coefficient (Wildman–Crippen LogP) is 2.29. The number of ether oxygens (including phenoxy) is 1. The van der Waals surface area contributed by atoms with Crippen molar-refractivity contribution in [3.8, 4) is 5.75 Å². The molecule has 0 saturated carbocycles. The quantitative estimate of drug-likeness (QED) is 0.894. The number of nitrogens with zero attached hydrogens (tertiary/aromatic N) is 2. The van der Waals surface area contributed by atoms with Gasteiger partial charge in [-0.05, 0) is 24.5 Å². The first-order chi connectivity index (χ1) is 12.2. The molecule has 2 N–H and O–H groups in total. The topological polar surface area (TPSA) is 85.2 Å². The summed E-state index contributed by atoms with van der Waals surface area (Å²) in [4.78, 5) is 29.1. The van der Waals surface area contributed by atoms with Crippen molar-refractivity contribution < 1.29 is 14.3 Å². The average Bonchev–Trinajstić information content (AvgIpc) is 3.16. The maximum Gasteiger partial charge on any atom is 0.232 e. The van der Waals surface area contributed by atoms with Crippen LogP contribution in [0, 0.1) is 0 Å². The summed E-state index contributed by atoms with van der Waals surface area (Å²) in [5.74, 6) is 1.58. The largest absolute Gasteiger partial charge is 0.497 e. The monoisotopic (exact) mass is 340 g/mol. The molecule has 130 valence electrons. The third kappa shape index (κ3) is 2.86. The fourth-order valence-corrected chi connectivity index (χ4v) is 3.53. The molecule has 0 aliphatic carbocycles. The van der Waals surface area contributed by atoms with Crippen LogP contribution >= 0.6 is 0 Å². The molecule has 2 amide bonds. The highest BCUT2D eigenvalue weighted by Crippen LogP contribution is 2.37. The lowest BCUT2D eigenvalue weighted by atomic mass is 9.97. The first-order valence-corrected chi connectivity index (χ1v) is 8.49. The van der Waals surface area contributed by atoms with Crippen molar-refractivity contribution in [2.24, 2.45) is 0 Å². The van der Waals surface area contributed by atoms with Crippen LogP contribution in [0.1, 0.15) is 36.6 Å². The van der Waals surface area contributed by atoms with Gasteiger partial charge in [-0.3, -0.25) is 9.59 Å². The first kappa shape index (κ1) is 15.7. The number of hydrogen-bond donors (Lipinski definition) is 2. The van der Waals surface area contributed by atoms with Crippen LogP contribution in [-0.2, 0) is 22.6 Å². The first-order valence-electron chi connectivity index (χ1n) is 8.49. The molecule has 1 atom stereocenters. The zero-order valence-electron chi connectivity index (χ0n) is 14.0. The summed E-state index contributed by atoms with van der Waals surface area (Å²) < 4.78 is 7.22. The van der Waals surface area contributed by atoms with Crippen molar-refractivity contribution >= 4 is 23.3 Å². The number of rotatable bonds is 4. The molecule has 1 aromatic heterocycles. The van der Waals surface area contributed by atoms with E-state index in [0.29, 0.717) is 17.3 Å². The van der Waals surface area contributed by atoms with E-state index < -0.39 is 5.92 Å². The van der Waals surface area contributed by atoms with Gasteiger partial charge in [-0.2, -0.15) is 0 Å². The van der Waals surface area contributed by atoms with Crippen LogP contribution in [0.15, 0.2) is 24.4 Å². The van der Waals surface area contributed by atoms with E-state index in [2.05, 4.69) is 20.2 Å². The van der Waals surface area contributed by atoms with Crippen LogP contribution in [-0.4, -0.2) is 28.5 Å². The van der Waals surface area contributed by atoms with Crippen LogP contribution in [0.5, 0.6) is 5.75 Å². The zero-order valence-corrected chi connectivity index (χ0v) is 14.0. The Labute approximate surface area is 145 Å². The number of fused-ring (bicyclic) bond motifs is 2. The van der Waals surface area contributed by atoms with Gasteiger partial charge in [-0.1, -0.05) is 6.07 Å².